The molecule has 2 N–H and O–H groups in total. The maximum Gasteiger partial charge on any atom is 0.414 e. The van der Waals surface area contributed by atoms with E-state index >= 15 is 0 Å². The molecular formula is C13H16BrF3N2O3. The lowest BCUT2D eigenvalue weighted by molar-refractivity contribution is -0.158. The number of carbonyl (C=O) groups is 1. The standard InChI is InChI=1S/C13H16BrF3N2O3/c1-12(2,3)22-11(21)19-10(13(15,16)17)9-7(6-20)4-8(14)5-18-9/h4-5,10,20H,6H2,1-3H3,(H,19,21). The fraction of sp³-hybridized carbons (Fsp3) is 0.538. The maximum atomic E-state index is 13.2. The third-order valence-corrected chi connectivity index (χ3v) is 2.83. The first kappa shape index (κ1) is 18.7. The number of nitrogens with one attached hydrogen (secondary N) is 1. The summed E-state index contributed by atoms with van der Waals surface area (Å²) in [5, 5.41) is 11.0. The van der Waals surface area contributed by atoms with Crippen molar-refractivity contribution in [1.29, 1.82) is 0 Å². The molecule has 1 aromatic rings. The van der Waals surface area contributed by atoms with Gasteiger partial charge in [0.2, 0.25) is 0 Å². The van der Waals surface area contributed by atoms with E-state index in [1.54, 1.807) is 5.32 Å². The van der Waals surface area contributed by atoms with E-state index in [2.05, 4.69) is 20.9 Å². The molecule has 0 spiro atoms. The van der Waals surface area contributed by atoms with Crippen LogP contribution >= 0.6 is 15.9 Å². The highest BCUT2D eigenvalue weighted by Gasteiger charge is 2.44. The maximum absolute atomic E-state index is 13.2. The van der Waals surface area contributed by atoms with Crippen LogP contribution in [0.15, 0.2) is 16.7 Å². The average molecular weight is 385 g/mol. The predicted octanol–water partition coefficient (Wildman–Crippen LogP) is 3.46. The van der Waals surface area contributed by atoms with Crippen LogP contribution in [0.25, 0.3) is 0 Å². The zero-order valence-corrected chi connectivity index (χ0v) is 13.7. The van der Waals surface area contributed by atoms with Crippen LogP contribution in [0.4, 0.5) is 18.0 Å². The normalized spacial score (nSPS) is 13.6. The highest BCUT2D eigenvalue weighted by atomic mass is 79.9. The van der Waals surface area contributed by atoms with Gasteiger partial charge in [0, 0.05) is 16.2 Å². The second-order valence-corrected chi connectivity index (χ2v) is 6.39. The molecule has 1 amide bonds. The summed E-state index contributed by atoms with van der Waals surface area (Å²) in [7, 11) is 0. The third kappa shape index (κ3) is 5.45. The van der Waals surface area contributed by atoms with E-state index in [1.165, 1.54) is 26.8 Å². The van der Waals surface area contributed by atoms with Gasteiger partial charge in [-0.1, -0.05) is 0 Å². The number of ether oxygens (including phenoxy) is 1. The summed E-state index contributed by atoms with van der Waals surface area (Å²) in [4.78, 5) is 15.3. The van der Waals surface area contributed by atoms with Crippen LogP contribution in [0.1, 0.15) is 38.1 Å². The second kappa shape index (κ2) is 6.82. The summed E-state index contributed by atoms with van der Waals surface area (Å²) in [6, 6.07) is -1.07. The lowest BCUT2D eigenvalue weighted by atomic mass is 10.1. The van der Waals surface area contributed by atoms with Gasteiger partial charge in [-0.15, -0.1) is 0 Å². The predicted molar refractivity (Wildman–Crippen MR) is 76.0 cm³/mol. The van der Waals surface area contributed by atoms with Gasteiger partial charge in [-0.05, 0) is 42.8 Å². The monoisotopic (exact) mass is 384 g/mol. The molecule has 0 radical (unpaired) electrons. The van der Waals surface area contributed by atoms with E-state index in [0.29, 0.717) is 4.47 Å². The number of alkyl carbamates (subject to hydrolysis) is 1. The van der Waals surface area contributed by atoms with Crippen LogP contribution in [0.5, 0.6) is 0 Å². The highest BCUT2D eigenvalue weighted by Crippen LogP contribution is 2.34. The summed E-state index contributed by atoms with van der Waals surface area (Å²) in [6.07, 6.45) is -4.85. The van der Waals surface area contributed by atoms with Crippen LogP contribution in [-0.4, -0.2) is 28.0 Å². The molecular weight excluding hydrogens is 369 g/mol. The molecule has 0 aliphatic heterocycles. The van der Waals surface area contributed by atoms with Crippen molar-refractivity contribution < 1.29 is 27.8 Å². The van der Waals surface area contributed by atoms with Gasteiger partial charge in [-0.25, -0.2) is 4.79 Å². The largest absolute Gasteiger partial charge is 0.444 e. The van der Waals surface area contributed by atoms with Crippen LogP contribution < -0.4 is 5.32 Å². The minimum atomic E-state index is -4.79. The van der Waals surface area contributed by atoms with Gasteiger partial charge in [0.15, 0.2) is 6.04 Å². The van der Waals surface area contributed by atoms with Crippen molar-refractivity contribution in [2.75, 3.05) is 0 Å². The van der Waals surface area contributed by atoms with Crippen LogP contribution in [0.3, 0.4) is 0 Å². The zero-order chi connectivity index (χ0) is 17.1. The third-order valence-electron chi connectivity index (χ3n) is 2.40. The number of carbonyl (C=O) groups excluding carboxylic acids is 1. The first-order valence-corrected chi connectivity index (χ1v) is 7.04. The number of hydrogen-bond acceptors (Lipinski definition) is 4. The minimum Gasteiger partial charge on any atom is -0.444 e. The molecule has 0 fully saturated rings. The number of hydrogen-bond donors (Lipinski definition) is 2. The number of aromatic nitrogens is 1. The number of halogens is 4. The number of pyridine rings is 1. The lowest BCUT2D eigenvalue weighted by Gasteiger charge is -2.25. The Balaban J connectivity index is 3.13. The van der Waals surface area contributed by atoms with E-state index in [-0.39, 0.29) is 5.56 Å². The number of aliphatic hydroxyl groups is 1. The molecule has 0 saturated heterocycles. The van der Waals surface area contributed by atoms with Gasteiger partial charge in [-0.3, -0.25) is 4.98 Å². The van der Waals surface area contributed by atoms with Crippen LogP contribution in [0.2, 0.25) is 0 Å². The summed E-state index contributed by atoms with van der Waals surface area (Å²) < 4.78 is 44.9. The number of aliphatic hydroxyl groups excluding tert-OH is 1. The molecule has 1 atom stereocenters. The van der Waals surface area contributed by atoms with Crippen molar-refractivity contribution in [3.63, 3.8) is 0 Å². The highest BCUT2D eigenvalue weighted by molar-refractivity contribution is 9.10. The van der Waals surface area contributed by atoms with E-state index < -0.39 is 36.2 Å². The molecule has 124 valence electrons. The van der Waals surface area contributed by atoms with E-state index in [4.69, 9.17) is 4.74 Å². The fourth-order valence-electron chi connectivity index (χ4n) is 1.61. The van der Waals surface area contributed by atoms with Crippen molar-refractivity contribution in [3.05, 3.63) is 28.0 Å². The Kier molecular flexibility index (Phi) is 5.80. The first-order valence-electron chi connectivity index (χ1n) is 6.25. The Morgan fingerprint density at radius 3 is 2.50 bits per heavy atom. The minimum absolute atomic E-state index is 0.0484. The Morgan fingerprint density at radius 2 is 2.05 bits per heavy atom. The Labute approximate surface area is 134 Å². The van der Waals surface area contributed by atoms with Crippen molar-refractivity contribution in [2.45, 2.75) is 45.2 Å². The van der Waals surface area contributed by atoms with Gasteiger partial charge in [0.1, 0.15) is 5.60 Å². The van der Waals surface area contributed by atoms with Gasteiger partial charge >= 0.3 is 12.3 Å². The summed E-state index contributed by atoms with van der Waals surface area (Å²) in [6.45, 7) is 3.95. The average Bonchev–Trinajstić information content (AvgIpc) is 2.32. The molecule has 0 aliphatic rings. The van der Waals surface area contributed by atoms with E-state index in [9.17, 15) is 23.1 Å². The number of alkyl halides is 3. The molecule has 5 nitrogen and oxygen atoms in total. The van der Waals surface area contributed by atoms with E-state index in [1.807, 2.05) is 0 Å². The SMILES string of the molecule is CC(C)(C)OC(=O)NC(c1ncc(Br)cc1CO)C(F)(F)F. The Morgan fingerprint density at radius 1 is 1.45 bits per heavy atom. The summed E-state index contributed by atoms with van der Waals surface area (Å²) >= 11 is 3.06. The van der Waals surface area contributed by atoms with Crippen LogP contribution in [0, 0.1) is 0 Å². The number of amides is 1. The quantitative estimate of drug-likeness (QED) is 0.836. The van der Waals surface area contributed by atoms with Gasteiger partial charge in [-0.2, -0.15) is 13.2 Å². The molecule has 1 heterocycles. The Hall–Kier alpha value is -1.35. The molecule has 1 rings (SSSR count). The number of rotatable bonds is 3. The smallest absolute Gasteiger partial charge is 0.414 e. The molecule has 1 aromatic heterocycles. The molecule has 9 heteroatoms. The summed E-state index contributed by atoms with van der Waals surface area (Å²) in [5.41, 5.74) is -1.47. The molecule has 0 saturated carbocycles. The van der Waals surface area contributed by atoms with E-state index in [0.717, 1.165) is 6.20 Å². The van der Waals surface area contributed by atoms with Crippen molar-refractivity contribution in [1.82, 2.24) is 10.3 Å². The lowest BCUT2D eigenvalue weighted by Crippen LogP contribution is -2.42. The van der Waals surface area contributed by atoms with Gasteiger partial charge < -0.3 is 15.2 Å². The first-order chi connectivity index (χ1) is 9.94. The molecule has 22 heavy (non-hydrogen) atoms. The van der Waals surface area contributed by atoms with Crippen molar-refractivity contribution >= 4 is 22.0 Å². The van der Waals surface area contributed by atoms with Gasteiger partial charge in [0.05, 0.1) is 12.3 Å². The van der Waals surface area contributed by atoms with Gasteiger partial charge in [0.25, 0.3) is 0 Å². The van der Waals surface area contributed by atoms with Crippen LogP contribution in [-0.2, 0) is 11.3 Å². The molecule has 0 aromatic carbocycles. The molecule has 0 bridgehead atoms. The second-order valence-electron chi connectivity index (χ2n) is 5.48. The summed E-state index contributed by atoms with van der Waals surface area (Å²) in [5.74, 6) is 0. The molecule has 0 aliphatic carbocycles. The molecule has 1 unspecified atom stereocenters. The number of nitrogens with zero attached hydrogens (tertiary/aromatic N) is 1. The fourth-order valence-corrected chi connectivity index (χ4v) is 1.99. The topological polar surface area (TPSA) is 71.5 Å². The van der Waals surface area contributed by atoms with Crippen molar-refractivity contribution in [2.24, 2.45) is 0 Å². The van der Waals surface area contributed by atoms with Crippen molar-refractivity contribution in [3.8, 4) is 0 Å². The zero-order valence-electron chi connectivity index (χ0n) is 12.2. The Bertz CT molecular complexity index is 544.